The summed E-state index contributed by atoms with van der Waals surface area (Å²) in [6.45, 7) is 4.92. The summed E-state index contributed by atoms with van der Waals surface area (Å²) in [7, 11) is 1.63. The molecule has 0 spiro atoms. The Hall–Kier alpha value is -3.04. The lowest BCUT2D eigenvalue weighted by Gasteiger charge is -2.29. The fraction of sp³-hybridized carbons (Fsp3) is 0.364. The van der Waals surface area contributed by atoms with Crippen LogP contribution in [0, 0.1) is 25.2 Å². The van der Waals surface area contributed by atoms with Crippen molar-refractivity contribution in [2.24, 2.45) is 0 Å². The number of ether oxygens (including phenoxy) is 1. The summed E-state index contributed by atoms with van der Waals surface area (Å²) in [4.78, 5) is 14.4. The normalized spacial score (nSPS) is 15.4. The molecule has 6 nitrogen and oxygen atoms in total. The van der Waals surface area contributed by atoms with E-state index in [4.69, 9.17) is 4.74 Å². The van der Waals surface area contributed by atoms with Crippen molar-refractivity contribution in [3.05, 3.63) is 52.9 Å². The number of amides is 1. The molecule has 6 heteroatoms. The van der Waals surface area contributed by atoms with Gasteiger partial charge in [0.15, 0.2) is 0 Å². The molecule has 1 saturated heterocycles. The molecule has 0 unspecified atom stereocenters. The fourth-order valence-electron chi connectivity index (χ4n) is 3.60. The molecule has 1 fully saturated rings. The number of carbonyl (C=O) groups excluding carboxylic acids is 1. The first-order valence-corrected chi connectivity index (χ1v) is 9.37. The Morgan fingerprint density at radius 1 is 1.25 bits per heavy atom. The minimum absolute atomic E-state index is 0.117. The largest absolute Gasteiger partial charge is 0.497 e. The standard InChI is InChI=1S/C22H25N3O3/c1-15-12-17(16(2)25(15)19-4-6-21(28-3)7-5-19)13-18(14-23)22(27)24-10-8-20(26)9-11-24/h4-7,12-13,20,26H,8-11H2,1-3H3/b18-13+. The summed E-state index contributed by atoms with van der Waals surface area (Å²) >= 11 is 0. The molecule has 28 heavy (non-hydrogen) atoms. The summed E-state index contributed by atoms with van der Waals surface area (Å²) in [5, 5.41) is 19.2. The molecule has 3 rings (SSSR count). The van der Waals surface area contributed by atoms with Crippen LogP contribution >= 0.6 is 0 Å². The minimum Gasteiger partial charge on any atom is -0.497 e. The van der Waals surface area contributed by atoms with Gasteiger partial charge < -0.3 is 19.3 Å². The second-order valence-electron chi connectivity index (χ2n) is 7.05. The third-order valence-corrected chi connectivity index (χ3v) is 5.20. The summed E-state index contributed by atoms with van der Waals surface area (Å²) in [6, 6.07) is 11.8. The van der Waals surface area contributed by atoms with E-state index < -0.39 is 0 Å². The van der Waals surface area contributed by atoms with Crippen LogP contribution in [-0.2, 0) is 4.79 Å². The lowest BCUT2D eigenvalue weighted by molar-refractivity contribution is -0.128. The first kappa shape index (κ1) is 19.7. The number of benzene rings is 1. The number of rotatable bonds is 4. The van der Waals surface area contributed by atoms with E-state index in [0.717, 1.165) is 28.4 Å². The van der Waals surface area contributed by atoms with Crippen molar-refractivity contribution in [2.45, 2.75) is 32.8 Å². The van der Waals surface area contributed by atoms with Gasteiger partial charge in [0.2, 0.25) is 0 Å². The average molecular weight is 379 g/mol. The van der Waals surface area contributed by atoms with Gasteiger partial charge in [-0.2, -0.15) is 5.26 Å². The van der Waals surface area contributed by atoms with Crippen molar-refractivity contribution in [3.63, 3.8) is 0 Å². The number of aryl methyl sites for hydroxylation is 1. The van der Waals surface area contributed by atoms with Crippen LogP contribution in [0.3, 0.4) is 0 Å². The van der Waals surface area contributed by atoms with Gasteiger partial charge >= 0.3 is 0 Å². The number of piperidine rings is 1. The highest BCUT2D eigenvalue weighted by Gasteiger charge is 2.24. The fourth-order valence-corrected chi connectivity index (χ4v) is 3.60. The molecule has 1 N–H and O–H groups in total. The van der Waals surface area contributed by atoms with Crippen LogP contribution in [0.25, 0.3) is 11.8 Å². The van der Waals surface area contributed by atoms with Gasteiger partial charge in [-0.05, 0) is 68.7 Å². The van der Waals surface area contributed by atoms with Crippen LogP contribution < -0.4 is 4.74 Å². The summed E-state index contributed by atoms with van der Waals surface area (Å²) < 4.78 is 7.30. The van der Waals surface area contributed by atoms with Crippen LogP contribution in [0.5, 0.6) is 5.75 Å². The van der Waals surface area contributed by atoms with Crippen molar-refractivity contribution in [3.8, 4) is 17.5 Å². The highest BCUT2D eigenvalue weighted by atomic mass is 16.5. The number of aliphatic hydroxyl groups excluding tert-OH is 1. The zero-order valence-corrected chi connectivity index (χ0v) is 16.5. The van der Waals surface area contributed by atoms with Crippen LogP contribution in [0.4, 0.5) is 0 Å². The molecule has 1 amide bonds. The van der Waals surface area contributed by atoms with Gasteiger partial charge in [0.05, 0.1) is 13.2 Å². The Morgan fingerprint density at radius 3 is 2.46 bits per heavy atom. The van der Waals surface area contributed by atoms with Gasteiger partial charge in [0.25, 0.3) is 5.91 Å². The van der Waals surface area contributed by atoms with E-state index in [1.165, 1.54) is 0 Å². The van der Waals surface area contributed by atoms with Gasteiger partial charge in [0, 0.05) is 30.2 Å². The Kier molecular flexibility index (Phi) is 5.86. The molecular formula is C22H25N3O3. The van der Waals surface area contributed by atoms with Crippen molar-refractivity contribution >= 4 is 12.0 Å². The maximum atomic E-state index is 12.7. The zero-order valence-electron chi connectivity index (χ0n) is 16.5. The van der Waals surface area contributed by atoms with Gasteiger partial charge in [-0.15, -0.1) is 0 Å². The summed E-state index contributed by atoms with van der Waals surface area (Å²) in [5.41, 5.74) is 3.92. The lowest BCUT2D eigenvalue weighted by atomic mass is 10.1. The number of hydrogen-bond acceptors (Lipinski definition) is 4. The number of aliphatic hydroxyl groups is 1. The minimum atomic E-state index is -0.359. The van der Waals surface area contributed by atoms with E-state index in [1.807, 2.05) is 44.2 Å². The molecule has 1 aromatic carbocycles. The summed E-state index contributed by atoms with van der Waals surface area (Å²) in [5.74, 6) is 0.513. The molecule has 2 aromatic rings. The second kappa shape index (κ2) is 8.32. The molecule has 0 aliphatic carbocycles. The van der Waals surface area contributed by atoms with Crippen molar-refractivity contribution in [1.82, 2.24) is 9.47 Å². The maximum Gasteiger partial charge on any atom is 0.264 e. The molecule has 1 aliphatic heterocycles. The van der Waals surface area contributed by atoms with E-state index in [-0.39, 0.29) is 17.6 Å². The van der Waals surface area contributed by atoms with E-state index in [2.05, 4.69) is 10.6 Å². The summed E-state index contributed by atoms with van der Waals surface area (Å²) in [6.07, 6.45) is 2.41. The average Bonchev–Trinajstić information content (AvgIpc) is 2.99. The van der Waals surface area contributed by atoms with Crippen LogP contribution in [0.15, 0.2) is 35.9 Å². The Morgan fingerprint density at radius 2 is 1.89 bits per heavy atom. The van der Waals surface area contributed by atoms with Gasteiger partial charge in [-0.1, -0.05) is 0 Å². The van der Waals surface area contributed by atoms with Crippen molar-refractivity contribution in [1.29, 1.82) is 5.26 Å². The number of nitriles is 1. The maximum absolute atomic E-state index is 12.7. The molecule has 1 aliphatic rings. The van der Waals surface area contributed by atoms with E-state index >= 15 is 0 Å². The number of aromatic nitrogens is 1. The van der Waals surface area contributed by atoms with Gasteiger partial charge in [-0.3, -0.25) is 4.79 Å². The SMILES string of the molecule is COc1ccc(-n2c(C)cc(/C=C(\C#N)C(=O)N3CCC(O)CC3)c2C)cc1. The number of hydrogen-bond donors (Lipinski definition) is 1. The lowest BCUT2D eigenvalue weighted by Crippen LogP contribution is -2.40. The Labute approximate surface area is 165 Å². The van der Waals surface area contributed by atoms with Crippen molar-refractivity contribution in [2.75, 3.05) is 20.2 Å². The smallest absolute Gasteiger partial charge is 0.264 e. The Bertz CT molecular complexity index is 927. The zero-order chi connectivity index (χ0) is 20.3. The van der Waals surface area contributed by atoms with Gasteiger partial charge in [-0.25, -0.2) is 0 Å². The number of carbonyl (C=O) groups is 1. The van der Waals surface area contributed by atoms with E-state index in [9.17, 15) is 15.2 Å². The molecule has 0 saturated carbocycles. The first-order valence-electron chi connectivity index (χ1n) is 9.37. The third kappa shape index (κ3) is 3.95. The van der Waals surface area contributed by atoms with Gasteiger partial charge in [0.1, 0.15) is 17.4 Å². The number of methoxy groups -OCH3 is 1. The molecule has 1 aromatic heterocycles. The number of likely N-dealkylation sites (tertiary alicyclic amines) is 1. The highest BCUT2D eigenvalue weighted by molar-refractivity contribution is 6.01. The molecule has 2 heterocycles. The third-order valence-electron chi connectivity index (χ3n) is 5.20. The topological polar surface area (TPSA) is 78.5 Å². The molecule has 0 radical (unpaired) electrons. The first-order chi connectivity index (χ1) is 13.4. The predicted molar refractivity (Wildman–Crippen MR) is 107 cm³/mol. The van der Waals surface area contributed by atoms with Crippen LogP contribution in [0.2, 0.25) is 0 Å². The van der Waals surface area contributed by atoms with Crippen molar-refractivity contribution < 1.29 is 14.6 Å². The van der Waals surface area contributed by atoms with E-state index in [0.29, 0.717) is 25.9 Å². The van der Waals surface area contributed by atoms with E-state index in [1.54, 1.807) is 18.1 Å². The Balaban J connectivity index is 1.90. The van der Waals surface area contributed by atoms with Crippen LogP contribution in [0.1, 0.15) is 29.8 Å². The molecule has 0 atom stereocenters. The quantitative estimate of drug-likeness (QED) is 0.654. The molecular weight excluding hydrogens is 354 g/mol. The number of nitrogens with zero attached hydrogens (tertiary/aromatic N) is 3. The monoisotopic (exact) mass is 379 g/mol. The second-order valence-corrected chi connectivity index (χ2v) is 7.05. The predicted octanol–water partition coefficient (Wildman–Crippen LogP) is 2.99. The highest BCUT2D eigenvalue weighted by Crippen LogP contribution is 2.25. The molecule has 0 bridgehead atoms. The molecule has 146 valence electrons. The van der Waals surface area contributed by atoms with Crippen LogP contribution in [-0.4, -0.2) is 46.8 Å².